The molecular formula is C17H26N4OS. The molecule has 6 heteroatoms. The molecule has 1 heterocycles. The number of fused-ring (bicyclic) bond motifs is 1. The minimum absolute atomic E-state index is 0.121. The van der Waals surface area contributed by atoms with Gasteiger partial charge in [-0.1, -0.05) is 6.07 Å². The quantitative estimate of drug-likeness (QED) is 0.777. The monoisotopic (exact) mass is 334 g/mol. The number of thioether (sulfide) groups is 1. The molecule has 0 fully saturated rings. The molecular weight excluding hydrogens is 308 g/mol. The van der Waals surface area contributed by atoms with Crippen LogP contribution in [0.1, 0.15) is 6.42 Å². The minimum atomic E-state index is -0.460. The van der Waals surface area contributed by atoms with E-state index >= 15 is 0 Å². The van der Waals surface area contributed by atoms with Gasteiger partial charge in [-0.05, 0) is 56.1 Å². The number of nitrogens with two attached hydrogens (primary N) is 1. The number of amides is 1. The normalized spacial score (nSPS) is 12.7. The molecule has 1 aromatic carbocycles. The first-order valence-electron chi connectivity index (χ1n) is 7.80. The van der Waals surface area contributed by atoms with E-state index in [1.807, 2.05) is 24.5 Å². The standard InChI is InChI=1S/C17H26N4OS/c1-20(2)9-10-21-8-6-13-4-5-14(12-16(13)21)19-17(22)15(18)7-11-23-3/h4-6,8,12,15H,7,9-11,18H2,1-3H3,(H,19,22)/t15-/m0/s1. The van der Waals surface area contributed by atoms with E-state index in [2.05, 4.69) is 41.1 Å². The van der Waals surface area contributed by atoms with Crippen LogP contribution < -0.4 is 11.1 Å². The van der Waals surface area contributed by atoms with Crippen LogP contribution in [0, 0.1) is 0 Å². The van der Waals surface area contributed by atoms with Gasteiger partial charge < -0.3 is 20.5 Å². The molecule has 23 heavy (non-hydrogen) atoms. The molecule has 0 aliphatic carbocycles. The number of aromatic nitrogens is 1. The Bertz CT molecular complexity index is 653. The van der Waals surface area contributed by atoms with Crippen molar-refractivity contribution in [1.29, 1.82) is 0 Å². The summed E-state index contributed by atoms with van der Waals surface area (Å²) in [5, 5.41) is 4.10. The van der Waals surface area contributed by atoms with Gasteiger partial charge in [-0.3, -0.25) is 4.79 Å². The van der Waals surface area contributed by atoms with Gasteiger partial charge in [-0.2, -0.15) is 11.8 Å². The largest absolute Gasteiger partial charge is 0.346 e. The van der Waals surface area contributed by atoms with E-state index in [0.717, 1.165) is 30.0 Å². The Morgan fingerprint density at radius 2 is 2.17 bits per heavy atom. The van der Waals surface area contributed by atoms with Gasteiger partial charge in [0.1, 0.15) is 0 Å². The molecule has 1 amide bonds. The Morgan fingerprint density at radius 1 is 1.39 bits per heavy atom. The minimum Gasteiger partial charge on any atom is -0.346 e. The zero-order valence-corrected chi connectivity index (χ0v) is 14.9. The SMILES string of the molecule is CSCC[C@H](N)C(=O)Nc1ccc2ccn(CCN(C)C)c2c1. The summed E-state index contributed by atoms with van der Waals surface area (Å²) >= 11 is 1.70. The molecule has 0 aliphatic rings. The molecule has 0 spiro atoms. The van der Waals surface area contributed by atoms with Gasteiger partial charge in [-0.25, -0.2) is 0 Å². The molecule has 0 bridgehead atoms. The number of carbonyl (C=O) groups excluding carboxylic acids is 1. The molecule has 3 N–H and O–H groups in total. The fourth-order valence-corrected chi connectivity index (χ4v) is 2.86. The Balaban J connectivity index is 2.09. The van der Waals surface area contributed by atoms with E-state index in [0.29, 0.717) is 6.42 Å². The van der Waals surface area contributed by atoms with E-state index in [9.17, 15) is 4.79 Å². The van der Waals surface area contributed by atoms with Crippen LogP contribution in [0.2, 0.25) is 0 Å². The maximum absolute atomic E-state index is 12.1. The summed E-state index contributed by atoms with van der Waals surface area (Å²) in [6, 6.07) is 7.62. The lowest BCUT2D eigenvalue weighted by atomic mass is 10.2. The van der Waals surface area contributed by atoms with E-state index in [-0.39, 0.29) is 5.91 Å². The Labute approximate surface area is 142 Å². The predicted molar refractivity (Wildman–Crippen MR) is 100 cm³/mol. The second-order valence-electron chi connectivity index (χ2n) is 5.96. The van der Waals surface area contributed by atoms with E-state index in [4.69, 9.17) is 5.73 Å². The lowest BCUT2D eigenvalue weighted by Crippen LogP contribution is -2.36. The van der Waals surface area contributed by atoms with Crippen LogP contribution in [0.5, 0.6) is 0 Å². The number of nitrogens with zero attached hydrogens (tertiary/aromatic N) is 2. The van der Waals surface area contributed by atoms with Crippen molar-refractivity contribution in [2.75, 3.05) is 38.0 Å². The third-order valence-electron chi connectivity index (χ3n) is 3.80. The van der Waals surface area contributed by atoms with Crippen LogP contribution in [-0.2, 0) is 11.3 Å². The highest BCUT2D eigenvalue weighted by atomic mass is 32.2. The highest BCUT2D eigenvalue weighted by Crippen LogP contribution is 2.21. The van der Waals surface area contributed by atoms with Crippen LogP contribution in [0.4, 0.5) is 5.69 Å². The van der Waals surface area contributed by atoms with Crippen LogP contribution >= 0.6 is 11.8 Å². The summed E-state index contributed by atoms with van der Waals surface area (Å²) in [6.45, 7) is 1.89. The van der Waals surface area contributed by atoms with Gasteiger partial charge in [0.2, 0.25) is 5.91 Å². The summed E-state index contributed by atoms with van der Waals surface area (Å²) in [5.74, 6) is 0.769. The fraction of sp³-hybridized carbons (Fsp3) is 0.471. The average Bonchev–Trinajstić information content (AvgIpc) is 2.92. The number of benzene rings is 1. The molecule has 1 aromatic heterocycles. The van der Waals surface area contributed by atoms with Crippen LogP contribution in [0.15, 0.2) is 30.5 Å². The summed E-state index contributed by atoms with van der Waals surface area (Å²) < 4.78 is 2.21. The van der Waals surface area contributed by atoms with E-state index in [1.165, 1.54) is 5.39 Å². The van der Waals surface area contributed by atoms with Crippen LogP contribution in [0.25, 0.3) is 10.9 Å². The molecule has 0 aliphatic heterocycles. The molecule has 2 aromatic rings. The summed E-state index contributed by atoms with van der Waals surface area (Å²) in [7, 11) is 4.13. The van der Waals surface area contributed by atoms with E-state index < -0.39 is 6.04 Å². The van der Waals surface area contributed by atoms with Gasteiger partial charge >= 0.3 is 0 Å². The number of likely N-dealkylation sites (N-methyl/N-ethyl adjacent to an activating group) is 1. The molecule has 1 atom stereocenters. The van der Waals surface area contributed by atoms with Crippen molar-refractivity contribution >= 4 is 34.3 Å². The zero-order valence-electron chi connectivity index (χ0n) is 14.1. The Hall–Kier alpha value is -1.50. The second-order valence-corrected chi connectivity index (χ2v) is 6.95. The number of anilines is 1. The van der Waals surface area contributed by atoms with Crippen molar-refractivity contribution in [3.8, 4) is 0 Å². The van der Waals surface area contributed by atoms with Gasteiger partial charge in [0.15, 0.2) is 0 Å². The Morgan fingerprint density at radius 3 is 2.87 bits per heavy atom. The first kappa shape index (κ1) is 17.8. The smallest absolute Gasteiger partial charge is 0.241 e. The van der Waals surface area contributed by atoms with Crippen molar-refractivity contribution in [3.05, 3.63) is 30.5 Å². The summed E-state index contributed by atoms with van der Waals surface area (Å²) in [5.41, 5.74) is 7.84. The van der Waals surface area contributed by atoms with Crippen LogP contribution in [0.3, 0.4) is 0 Å². The zero-order chi connectivity index (χ0) is 16.8. The lowest BCUT2D eigenvalue weighted by Gasteiger charge is -2.13. The highest BCUT2D eigenvalue weighted by Gasteiger charge is 2.13. The van der Waals surface area contributed by atoms with Crippen molar-refractivity contribution in [2.45, 2.75) is 19.0 Å². The molecule has 126 valence electrons. The van der Waals surface area contributed by atoms with Crippen molar-refractivity contribution in [3.63, 3.8) is 0 Å². The topological polar surface area (TPSA) is 63.3 Å². The lowest BCUT2D eigenvalue weighted by molar-refractivity contribution is -0.117. The number of hydrogen-bond acceptors (Lipinski definition) is 4. The predicted octanol–water partition coefficient (Wildman–Crippen LogP) is 2.22. The average molecular weight is 334 g/mol. The van der Waals surface area contributed by atoms with Gasteiger partial charge in [-0.15, -0.1) is 0 Å². The van der Waals surface area contributed by atoms with Gasteiger partial charge in [0.05, 0.1) is 11.6 Å². The number of nitrogens with one attached hydrogen (secondary N) is 1. The number of rotatable bonds is 8. The molecule has 0 saturated heterocycles. The van der Waals surface area contributed by atoms with Crippen LogP contribution in [-0.4, -0.2) is 54.1 Å². The third-order valence-corrected chi connectivity index (χ3v) is 4.44. The maximum atomic E-state index is 12.1. The highest BCUT2D eigenvalue weighted by molar-refractivity contribution is 7.98. The molecule has 0 unspecified atom stereocenters. The number of hydrogen-bond donors (Lipinski definition) is 2. The molecule has 0 radical (unpaired) electrons. The summed E-state index contributed by atoms with van der Waals surface area (Å²) in [6.07, 6.45) is 4.79. The van der Waals surface area contributed by atoms with Gasteiger partial charge in [0.25, 0.3) is 0 Å². The molecule has 0 saturated carbocycles. The number of carbonyl (C=O) groups is 1. The fourth-order valence-electron chi connectivity index (χ4n) is 2.38. The molecule has 2 rings (SSSR count). The third kappa shape index (κ3) is 4.99. The maximum Gasteiger partial charge on any atom is 0.241 e. The van der Waals surface area contributed by atoms with Gasteiger partial charge in [0, 0.05) is 25.0 Å². The van der Waals surface area contributed by atoms with Crippen molar-refractivity contribution in [2.24, 2.45) is 5.73 Å². The first-order valence-corrected chi connectivity index (χ1v) is 9.19. The second kappa shape index (κ2) is 8.38. The van der Waals surface area contributed by atoms with Crippen molar-refractivity contribution in [1.82, 2.24) is 9.47 Å². The first-order chi connectivity index (χ1) is 11.0. The summed E-state index contributed by atoms with van der Waals surface area (Å²) in [4.78, 5) is 14.3. The van der Waals surface area contributed by atoms with E-state index in [1.54, 1.807) is 11.8 Å². The molecule has 5 nitrogen and oxygen atoms in total. The Kier molecular flexibility index (Phi) is 6.50. The van der Waals surface area contributed by atoms with Crippen molar-refractivity contribution < 1.29 is 4.79 Å².